The Kier molecular flexibility index (Phi) is 20.5. The molecule has 0 aromatic carbocycles. The van der Waals surface area contributed by atoms with Crippen LogP contribution >= 0.6 is 0 Å². The Bertz CT molecular complexity index is 1170. The lowest BCUT2D eigenvalue weighted by Crippen LogP contribution is -2.36. The van der Waals surface area contributed by atoms with Gasteiger partial charge >= 0.3 is 29.8 Å². The first-order valence-corrected chi connectivity index (χ1v) is 17.7. The second-order valence-corrected chi connectivity index (χ2v) is 13.4. The Balaban J connectivity index is 2.69. The molecule has 0 radical (unpaired) electrons. The van der Waals surface area contributed by atoms with Gasteiger partial charge in [-0.2, -0.15) is 8.42 Å². The van der Waals surface area contributed by atoms with Crippen molar-refractivity contribution in [2.75, 3.05) is 45.4 Å². The van der Waals surface area contributed by atoms with Crippen molar-refractivity contribution in [1.82, 2.24) is 0 Å². The van der Waals surface area contributed by atoms with E-state index in [-0.39, 0.29) is 65.0 Å². The SMILES string of the molecule is C=CCOOCCOC(=O)/C=C/C(=O)OCCOC(=O)C(C)(C)CC(CC(CC)C(=O)OCCCS(=O)(=O)O)C(=O)OC1CCCCC1. The maximum Gasteiger partial charge on any atom is 0.331 e. The van der Waals surface area contributed by atoms with Crippen molar-refractivity contribution in [2.45, 2.75) is 84.7 Å². The van der Waals surface area contributed by atoms with Crippen molar-refractivity contribution >= 4 is 40.0 Å². The normalized spacial score (nSPS) is 15.2. The molecule has 15 nitrogen and oxygen atoms in total. The Hall–Kier alpha value is -3.34. The Morgan fingerprint density at radius 2 is 1.44 bits per heavy atom. The van der Waals surface area contributed by atoms with Gasteiger partial charge in [0.05, 0.1) is 29.6 Å². The summed E-state index contributed by atoms with van der Waals surface area (Å²) in [5, 5.41) is 0. The van der Waals surface area contributed by atoms with Gasteiger partial charge < -0.3 is 23.7 Å². The van der Waals surface area contributed by atoms with Crippen LogP contribution in [0, 0.1) is 17.3 Å². The zero-order valence-corrected chi connectivity index (χ0v) is 28.9. The van der Waals surface area contributed by atoms with Crippen LogP contribution in [0.5, 0.6) is 0 Å². The molecule has 2 atom stereocenters. The maximum atomic E-state index is 13.4. The summed E-state index contributed by atoms with van der Waals surface area (Å²) in [6.45, 7) is 7.58. The molecule has 2 unspecified atom stereocenters. The first-order valence-electron chi connectivity index (χ1n) is 16.0. The lowest BCUT2D eigenvalue weighted by atomic mass is 9.78. The molecule has 48 heavy (non-hydrogen) atoms. The van der Waals surface area contributed by atoms with Gasteiger partial charge in [0.1, 0.15) is 39.1 Å². The summed E-state index contributed by atoms with van der Waals surface area (Å²) in [5.41, 5.74) is -1.21. The standard InChI is InChI=1S/C32H50O15S/c1-5-15-45-46-20-19-42-28(34)14-13-27(33)41-17-18-44-31(37)32(3,4)23-25(30(36)47-26-11-8-7-9-12-26)22-24(6-2)29(35)43-16-10-21-48(38,39)40/h5,13-14,24-26H,1,6-12,15-23H2,2-4H3,(H,38,39,40)/b14-13+. The highest BCUT2D eigenvalue weighted by Crippen LogP contribution is 2.33. The molecule has 0 heterocycles. The predicted molar refractivity (Wildman–Crippen MR) is 169 cm³/mol. The van der Waals surface area contributed by atoms with Gasteiger partial charge in [-0.25, -0.2) is 19.4 Å². The number of esters is 5. The van der Waals surface area contributed by atoms with E-state index in [1.54, 1.807) is 20.8 Å². The molecule has 0 aromatic rings. The molecule has 0 aliphatic heterocycles. The average molecular weight is 707 g/mol. The van der Waals surface area contributed by atoms with Gasteiger partial charge in [-0.3, -0.25) is 18.9 Å². The molecule has 274 valence electrons. The Morgan fingerprint density at radius 3 is 2.02 bits per heavy atom. The molecule has 1 aliphatic carbocycles. The van der Waals surface area contributed by atoms with Gasteiger partial charge in [0.15, 0.2) is 0 Å². The van der Waals surface area contributed by atoms with Crippen LogP contribution in [0.3, 0.4) is 0 Å². The van der Waals surface area contributed by atoms with Gasteiger partial charge in [0, 0.05) is 12.2 Å². The first kappa shape index (κ1) is 42.7. The number of hydrogen-bond acceptors (Lipinski definition) is 14. The number of rotatable bonds is 24. The molecule has 0 amide bonds. The van der Waals surface area contributed by atoms with Crippen LogP contribution in [0.1, 0.15) is 78.6 Å². The van der Waals surface area contributed by atoms with Crippen molar-refractivity contribution in [3.05, 3.63) is 24.8 Å². The number of carbonyl (C=O) groups is 5. The fourth-order valence-corrected chi connectivity index (χ4v) is 5.23. The van der Waals surface area contributed by atoms with Crippen LogP contribution in [0.25, 0.3) is 0 Å². The highest BCUT2D eigenvalue weighted by atomic mass is 32.2. The Morgan fingerprint density at radius 1 is 0.833 bits per heavy atom. The minimum atomic E-state index is -4.19. The van der Waals surface area contributed by atoms with Gasteiger partial charge in [0.2, 0.25) is 0 Å². The van der Waals surface area contributed by atoms with Crippen molar-refractivity contribution in [2.24, 2.45) is 17.3 Å². The molecule has 16 heteroatoms. The van der Waals surface area contributed by atoms with Crippen LogP contribution in [-0.4, -0.2) is 94.3 Å². The van der Waals surface area contributed by atoms with E-state index in [4.69, 9.17) is 33.1 Å². The quantitative estimate of drug-likeness (QED) is 0.0223. The molecule has 0 bridgehead atoms. The van der Waals surface area contributed by atoms with Crippen molar-refractivity contribution in [3.63, 3.8) is 0 Å². The van der Waals surface area contributed by atoms with E-state index in [2.05, 4.69) is 11.5 Å². The van der Waals surface area contributed by atoms with Crippen molar-refractivity contribution in [3.8, 4) is 0 Å². The van der Waals surface area contributed by atoms with E-state index >= 15 is 0 Å². The van der Waals surface area contributed by atoms with E-state index in [0.717, 1.165) is 44.3 Å². The highest BCUT2D eigenvalue weighted by Gasteiger charge is 2.39. The second-order valence-electron chi connectivity index (χ2n) is 11.8. The highest BCUT2D eigenvalue weighted by molar-refractivity contribution is 7.85. The molecule has 0 aromatic heterocycles. The third-order valence-corrected chi connectivity index (χ3v) is 8.06. The molecule has 1 aliphatic rings. The fraction of sp³-hybridized carbons (Fsp3) is 0.719. The van der Waals surface area contributed by atoms with Crippen LogP contribution < -0.4 is 0 Å². The zero-order valence-electron chi connectivity index (χ0n) is 28.1. The zero-order chi connectivity index (χ0) is 36.0. The number of hydrogen-bond donors (Lipinski definition) is 1. The lowest BCUT2D eigenvalue weighted by Gasteiger charge is -2.30. The monoisotopic (exact) mass is 706 g/mol. The summed E-state index contributed by atoms with van der Waals surface area (Å²) in [7, 11) is -4.19. The smallest absolute Gasteiger partial charge is 0.331 e. The minimum Gasteiger partial charge on any atom is -0.465 e. The molecule has 1 saturated carbocycles. The summed E-state index contributed by atoms with van der Waals surface area (Å²) in [6, 6.07) is 0. The molecular formula is C32H50O15S. The van der Waals surface area contributed by atoms with E-state index in [0.29, 0.717) is 6.42 Å². The fourth-order valence-electron chi connectivity index (χ4n) is 4.75. The van der Waals surface area contributed by atoms with E-state index in [1.165, 1.54) is 6.08 Å². The molecular weight excluding hydrogens is 656 g/mol. The molecule has 0 spiro atoms. The third-order valence-electron chi connectivity index (χ3n) is 7.26. The second kappa shape index (κ2) is 23.1. The Labute approximate surface area is 282 Å². The van der Waals surface area contributed by atoms with Gasteiger partial charge in [-0.15, -0.1) is 6.58 Å². The molecule has 1 fully saturated rings. The third kappa shape index (κ3) is 19.5. The molecule has 0 saturated heterocycles. The molecule has 1 rings (SSSR count). The average Bonchev–Trinajstić information content (AvgIpc) is 3.03. The van der Waals surface area contributed by atoms with Gasteiger partial charge in [-0.1, -0.05) is 19.4 Å². The first-order chi connectivity index (χ1) is 22.7. The molecule has 1 N–H and O–H groups in total. The van der Waals surface area contributed by atoms with Crippen molar-refractivity contribution in [1.29, 1.82) is 0 Å². The minimum absolute atomic E-state index is 0.0139. The lowest BCUT2D eigenvalue weighted by molar-refractivity contribution is -0.290. The van der Waals surface area contributed by atoms with Crippen LogP contribution in [0.15, 0.2) is 24.8 Å². The summed E-state index contributed by atoms with van der Waals surface area (Å²) in [5.74, 6) is -5.66. The van der Waals surface area contributed by atoms with Crippen LogP contribution in [0.2, 0.25) is 0 Å². The number of carbonyl (C=O) groups excluding carboxylic acids is 5. The summed E-state index contributed by atoms with van der Waals surface area (Å²) in [6.07, 6.45) is 7.56. The van der Waals surface area contributed by atoms with E-state index < -0.39 is 63.0 Å². The predicted octanol–water partition coefficient (Wildman–Crippen LogP) is 3.45. The largest absolute Gasteiger partial charge is 0.465 e. The van der Waals surface area contributed by atoms with Gasteiger partial charge in [-0.05, 0) is 65.2 Å². The van der Waals surface area contributed by atoms with Gasteiger partial charge in [0.25, 0.3) is 10.1 Å². The summed E-state index contributed by atoms with van der Waals surface area (Å²) < 4.78 is 56.8. The summed E-state index contributed by atoms with van der Waals surface area (Å²) >= 11 is 0. The number of ether oxygens (including phenoxy) is 5. The van der Waals surface area contributed by atoms with Crippen LogP contribution in [-0.2, 0) is 67.6 Å². The maximum absolute atomic E-state index is 13.4. The van der Waals surface area contributed by atoms with Crippen molar-refractivity contribution < 1.29 is 70.4 Å². The van der Waals surface area contributed by atoms with E-state index in [1.807, 2.05) is 0 Å². The van der Waals surface area contributed by atoms with Crippen LogP contribution in [0.4, 0.5) is 0 Å². The van der Waals surface area contributed by atoms with E-state index in [9.17, 15) is 32.4 Å². The topological polar surface area (TPSA) is 204 Å². The summed E-state index contributed by atoms with van der Waals surface area (Å²) in [4.78, 5) is 72.1.